The van der Waals surface area contributed by atoms with Gasteiger partial charge in [0.1, 0.15) is 4.90 Å². The van der Waals surface area contributed by atoms with Gasteiger partial charge in [-0.2, -0.15) is 0 Å². The molecule has 2 aromatic carbocycles. The van der Waals surface area contributed by atoms with Crippen molar-refractivity contribution in [2.45, 2.75) is 16.3 Å². The molecule has 21 heavy (non-hydrogen) atoms. The number of para-hydroxylation sites is 1. The van der Waals surface area contributed by atoms with E-state index in [2.05, 4.69) is 20.7 Å². The van der Waals surface area contributed by atoms with Gasteiger partial charge in [-0.1, -0.05) is 18.2 Å². The van der Waals surface area contributed by atoms with Gasteiger partial charge in [0.15, 0.2) is 0 Å². The van der Waals surface area contributed by atoms with Crippen LogP contribution in [0, 0.1) is 0 Å². The number of sulfonamides is 1. The number of halogens is 1. The molecule has 4 nitrogen and oxygen atoms in total. The molecule has 0 radical (unpaired) electrons. The lowest BCUT2D eigenvalue weighted by Crippen LogP contribution is -2.14. The normalized spacial score (nSPS) is 11.4. The number of rotatable bonds is 5. The molecule has 0 aliphatic carbocycles. The molecule has 3 N–H and O–H groups in total. The predicted molar refractivity (Wildman–Crippen MR) is 91.1 cm³/mol. The van der Waals surface area contributed by atoms with E-state index in [4.69, 9.17) is 5.73 Å². The molecule has 7 heteroatoms. The molecule has 0 unspecified atom stereocenters. The molecule has 0 saturated heterocycles. The molecule has 112 valence electrons. The lowest BCUT2D eigenvalue weighted by Gasteiger charge is -2.12. The maximum atomic E-state index is 12.5. The van der Waals surface area contributed by atoms with E-state index in [0.29, 0.717) is 16.7 Å². The Balaban J connectivity index is 2.39. The molecule has 0 spiro atoms. The zero-order chi connectivity index (χ0) is 15.5. The first kappa shape index (κ1) is 16.4. The monoisotopic (exact) mass is 386 g/mol. The van der Waals surface area contributed by atoms with Crippen LogP contribution in [0.15, 0.2) is 56.7 Å². The second-order valence-electron chi connectivity index (χ2n) is 4.27. The van der Waals surface area contributed by atoms with Gasteiger partial charge in [0.05, 0.1) is 5.69 Å². The summed E-state index contributed by atoms with van der Waals surface area (Å²) in [5, 5.41) is 0. The van der Waals surface area contributed by atoms with Crippen LogP contribution in [-0.4, -0.2) is 14.7 Å². The molecular weight excluding hydrogens is 372 g/mol. The van der Waals surface area contributed by atoms with Gasteiger partial charge in [0, 0.05) is 15.9 Å². The summed E-state index contributed by atoms with van der Waals surface area (Å²) in [6.45, 7) is 0.363. The third-order valence-electron chi connectivity index (χ3n) is 2.87. The van der Waals surface area contributed by atoms with E-state index >= 15 is 0 Å². The van der Waals surface area contributed by atoms with Crippen molar-refractivity contribution in [1.29, 1.82) is 0 Å². The Hall–Kier alpha value is -1.02. The Kier molecular flexibility index (Phi) is 5.32. The number of nitrogens with two attached hydrogens (primary N) is 1. The number of thioether (sulfide) groups is 1. The maximum Gasteiger partial charge on any atom is 0.263 e. The Morgan fingerprint density at radius 3 is 2.57 bits per heavy atom. The summed E-state index contributed by atoms with van der Waals surface area (Å²) in [6, 6.07) is 12.3. The zero-order valence-corrected chi connectivity index (χ0v) is 14.6. The van der Waals surface area contributed by atoms with Crippen LogP contribution in [0.3, 0.4) is 0 Å². The second kappa shape index (κ2) is 6.83. The van der Waals surface area contributed by atoms with E-state index in [1.165, 1.54) is 11.8 Å². The molecular formula is C14H15BrN2O2S2. The zero-order valence-electron chi connectivity index (χ0n) is 11.3. The summed E-state index contributed by atoms with van der Waals surface area (Å²) in [5.74, 6) is 0. The Bertz CT molecular complexity index is 748. The van der Waals surface area contributed by atoms with Crippen molar-refractivity contribution in [3.63, 3.8) is 0 Å². The molecule has 0 atom stereocenters. The van der Waals surface area contributed by atoms with E-state index in [-0.39, 0.29) is 4.90 Å². The fraction of sp³-hybridized carbons (Fsp3) is 0.143. The lowest BCUT2D eigenvalue weighted by molar-refractivity contribution is 0.600. The number of hydrogen-bond acceptors (Lipinski definition) is 4. The van der Waals surface area contributed by atoms with Gasteiger partial charge in [0.2, 0.25) is 0 Å². The third-order valence-corrected chi connectivity index (χ3v) is 6.01. The Labute approximate surface area is 137 Å². The van der Waals surface area contributed by atoms with E-state index in [1.54, 1.807) is 30.3 Å². The molecule has 0 aliphatic rings. The van der Waals surface area contributed by atoms with Crippen LogP contribution >= 0.6 is 27.7 Å². The SMILES string of the molecule is CSc1ccccc1NS(=O)(=O)c1ccc(CN)cc1Br. The Morgan fingerprint density at radius 1 is 1.24 bits per heavy atom. The molecule has 2 aromatic rings. The van der Waals surface area contributed by atoms with Crippen LogP contribution < -0.4 is 10.5 Å². The molecule has 0 amide bonds. The van der Waals surface area contributed by atoms with Crippen molar-refractivity contribution in [1.82, 2.24) is 0 Å². The molecule has 2 rings (SSSR count). The highest BCUT2D eigenvalue weighted by atomic mass is 79.9. The van der Waals surface area contributed by atoms with Gasteiger partial charge in [-0.3, -0.25) is 4.72 Å². The van der Waals surface area contributed by atoms with Crippen molar-refractivity contribution in [3.05, 3.63) is 52.5 Å². The van der Waals surface area contributed by atoms with Crippen molar-refractivity contribution < 1.29 is 8.42 Å². The van der Waals surface area contributed by atoms with E-state index in [0.717, 1.165) is 10.5 Å². The fourth-order valence-electron chi connectivity index (χ4n) is 1.82. The van der Waals surface area contributed by atoms with Gasteiger partial charge < -0.3 is 5.73 Å². The minimum absolute atomic E-state index is 0.190. The van der Waals surface area contributed by atoms with Gasteiger partial charge in [-0.15, -0.1) is 11.8 Å². The first-order valence-electron chi connectivity index (χ1n) is 6.12. The number of hydrogen-bond donors (Lipinski definition) is 2. The van der Waals surface area contributed by atoms with Gasteiger partial charge >= 0.3 is 0 Å². The van der Waals surface area contributed by atoms with E-state index in [9.17, 15) is 8.42 Å². The topological polar surface area (TPSA) is 72.2 Å². The summed E-state index contributed by atoms with van der Waals surface area (Å²) in [5.41, 5.74) is 6.99. The van der Waals surface area contributed by atoms with Crippen LogP contribution in [0.5, 0.6) is 0 Å². The van der Waals surface area contributed by atoms with E-state index < -0.39 is 10.0 Å². The number of benzene rings is 2. The largest absolute Gasteiger partial charge is 0.326 e. The van der Waals surface area contributed by atoms with Crippen molar-refractivity contribution in [3.8, 4) is 0 Å². The minimum Gasteiger partial charge on any atom is -0.326 e. The van der Waals surface area contributed by atoms with Crippen LogP contribution in [0.4, 0.5) is 5.69 Å². The summed E-state index contributed by atoms with van der Waals surface area (Å²) in [7, 11) is -3.65. The number of nitrogens with one attached hydrogen (secondary N) is 1. The maximum absolute atomic E-state index is 12.5. The standard InChI is InChI=1S/C14H15BrN2O2S2/c1-20-13-5-3-2-4-12(13)17-21(18,19)14-7-6-10(9-16)8-11(14)15/h2-8,17H,9,16H2,1H3. The second-order valence-corrected chi connectivity index (χ2v) is 7.63. The fourth-order valence-corrected chi connectivity index (χ4v) is 4.64. The highest BCUT2D eigenvalue weighted by molar-refractivity contribution is 9.10. The first-order valence-corrected chi connectivity index (χ1v) is 9.62. The first-order chi connectivity index (χ1) is 9.97. The van der Waals surface area contributed by atoms with Crippen molar-refractivity contribution >= 4 is 43.4 Å². The third kappa shape index (κ3) is 3.79. The summed E-state index contributed by atoms with van der Waals surface area (Å²) < 4.78 is 28.1. The lowest BCUT2D eigenvalue weighted by atomic mass is 10.2. The summed E-state index contributed by atoms with van der Waals surface area (Å²) in [6.07, 6.45) is 1.90. The summed E-state index contributed by atoms with van der Waals surface area (Å²) >= 11 is 4.78. The Morgan fingerprint density at radius 2 is 1.95 bits per heavy atom. The van der Waals surface area contributed by atoms with Crippen molar-refractivity contribution in [2.24, 2.45) is 5.73 Å². The quantitative estimate of drug-likeness (QED) is 0.771. The summed E-state index contributed by atoms with van der Waals surface area (Å²) in [4.78, 5) is 1.06. The predicted octanol–water partition coefficient (Wildman–Crippen LogP) is 3.43. The van der Waals surface area contributed by atoms with Crippen LogP contribution in [0.2, 0.25) is 0 Å². The van der Waals surface area contributed by atoms with Crippen LogP contribution in [0.25, 0.3) is 0 Å². The smallest absolute Gasteiger partial charge is 0.263 e. The van der Waals surface area contributed by atoms with E-state index in [1.807, 2.05) is 18.4 Å². The highest BCUT2D eigenvalue weighted by Gasteiger charge is 2.19. The number of anilines is 1. The highest BCUT2D eigenvalue weighted by Crippen LogP contribution is 2.29. The van der Waals surface area contributed by atoms with Gasteiger partial charge in [-0.25, -0.2) is 8.42 Å². The average Bonchev–Trinajstić information content (AvgIpc) is 2.47. The molecule has 0 saturated carbocycles. The molecule has 0 aliphatic heterocycles. The van der Waals surface area contributed by atoms with Gasteiger partial charge in [-0.05, 0) is 52.0 Å². The van der Waals surface area contributed by atoms with Gasteiger partial charge in [0.25, 0.3) is 10.0 Å². The van der Waals surface area contributed by atoms with Crippen molar-refractivity contribution in [2.75, 3.05) is 11.0 Å². The molecule has 0 fully saturated rings. The molecule has 0 heterocycles. The minimum atomic E-state index is -3.65. The van der Waals surface area contributed by atoms with Crippen LogP contribution in [0.1, 0.15) is 5.56 Å². The van der Waals surface area contributed by atoms with Crippen LogP contribution in [-0.2, 0) is 16.6 Å². The average molecular weight is 387 g/mol. The molecule has 0 bridgehead atoms. The molecule has 0 aromatic heterocycles.